The standard InChI is InChI=1S/C11H9ClF5NO/c12-10(13,14)9(11(15,16)17)4-7-3-6(5-19)1-2-8(7)18-9/h1-3,18-19H,4-5H2. The van der Waals surface area contributed by atoms with Crippen LogP contribution in [0.1, 0.15) is 11.1 Å². The van der Waals surface area contributed by atoms with E-state index in [1.54, 1.807) is 5.32 Å². The van der Waals surface area contributed by atoms with Crippen molar-refractivity contribution in [1.82, 2.24) is 0 Å². The van der Waals surface area contributed by atoms with Crippen molar-refractivity contribution in [2.24, 2.45) is 0 Å². The first kappa shape index (κ1) is 14.3. The monoisotopic (exact) mass is 301 g/mol. The van der Waals surface area contributed by atoms with Gasteiger partial charge in [-0.2, -0.15) is 22.0 Å². The molecule has 0 radical (unpaired) electrons. The van der Waals surface area contributed by atoms with Crippen LogP contribution in [0.3, 0.4) is 0 Å². The van der Waals surface area contributed by atoms with Crippen molar-refractivity contribution in [1.29, 1.82) is 0 Å². The van der Waals surface area contributed by atoms with Gasteiger partial charge in [-0.25, -0.2) is 0 Å². The van der Waals surface area contributed by atoms with E-state index in [-0.39, 0.29) is 17.9 Å². The van der Waals surface area contributed by atoms with Crippen molar-refractivity contribution in [3.05, 3.63) is 29.3 Å². The smallest absolute Gasteiger partial charge is 0.392 e. The number of nitrogens with one attached hydrogen (secondary N) is 1. The summed E-state index contributed by atoms with van der Waals surface area (Å²) in [6.07, 6.45) is -6.22. The van der Waals surface area contributed by atoms with Crippen LogP contribution in [0.2, 0.25) is 0 Å². The molecule has 0 amide bonds. The van der Waals surface area contributed by atoms with E-state index in [1.807, 2.05) is 0 Å². The highest BCUT2D eigenvalue weighted by Crippen LogP contribution is 2.52. The third kappa shape index (κ3) is 2.14. The number of aliphatic hydroxyl groups excluding tert-OH is 1. The number of rotatable bonds is 2. The molecule has 1 aromatic carbocycles. The first-order chi connectivity index (χ1) is 8.61. The molecule has 8 heteroatoms. The van der Waals surface area contributed by atoms with Crippen LogP contribution in [0.25, 0.3) is 0 Å². The quantitative estimate of drug-likeness (QED) is 0.649. The third-order valence-electron chi connectivity index (χ3n) is 3.12. The van der Waals surface area contributed by atoms with Crippen LogP contribution in [0.15, 0.2) is 18.2 Å². The molecule has 1 aliphatic heterocycles. The highest BCUT2D eigenvalue weighted by Gasteiger charge is 2.71. The van der Waals surface area contributed by atoms with Crippen molar-refractivity contribution in [3.63, 3.8) is 0 Å². The van der Waals surface area contributed by atoms with Crippen LogP contribution >= 0.6 is 11.6 Å². The second kappa shape index (κ2) is 4.21. The van der Waals surface area contributed by atoms with Crippen LogP contribution in [0.4, 0.5) is 27.6 Å². The molecule has 0 aliphatic carbocycles. The number of halogens is 6. The van der Waals surface area contributed by atoms with Gasteiger partial charge in [-0.1, -0.05) is 12.1 Å². The van der Waals surface area contributed by atoms with E-state index in [0.717, 1.165) is 0 Å². The topological polar surface area (TPSA) is 32.3 Å². The van der Waals surface area contributed by atoms with E-state index >= 15 is 0 Å². The molecule has 0 saturated heterocycles. The second-order valence-electron chi connectivity index (χ2n) is 4.35. The average Bonchev–Trinajstić information content (AvgIpc) is 2.66. The lowest BCUT2D eigenvalue weighted by molar-refractivity contribution is -0.219. The fourth-order valence-electron chi connectivity index (χ4n) is 2.08. The Bertz CT molecular complexity index is 483. The van der Waals surface area contributed by atoms with Gasteiger partial charge >= 0.3 is 11.6 Å². The molecule has 2 nitrogen and oxygen atoms in total. The lowest BCUT2D eigenvalue weighted by Gasteiger charge is -2.35. The molecule has 1 heterocycles. The maximum atomic E-state index is 13.3. The molecule has 0 bridgehead atoms. The van der Waals surface area contributed by atoms with E-state index < -0.39 is 23.5 Å². The number of benzene rings is 1. The number of fused-ring (bicyclic) bond motifs is 1. The predicted molar refractivity (Wildman–Crippen MR) is 59.3 cm³/mol. The van der Waals surface area contributed by atoms with Crippen molar-refractivity contribution >= 4 is 17.3 Å². The Hall–Kier alpha value is -1.08. The molecular formula is C11H9ClF5NO. The highest BCUT2D eigenvalue weighted by atomic mass is 35.5. The van der Waals surface area contributed by atoms with Gasteiger partial charge in [0.15, 0.2) is 0 Å². The van der Waals surface area contributed by atoms with Crippen molar-refractivity contribution in [3.8, 4) is 0 Å². The molecule has 2 rings (SSSR count). The van der Waals surface area contributed by atoms with Crippen molar-refractivity contribution in [2.45, 2.75) is 30.1 Å². The molecule has 1 atom stereocenters. The summed E-state index contributed by atoms with van der Waals surface area (Å²) in [6.45, 7) is -0.385. The Kier molecular flexibility index (Phi) is 3.17. The van der Waals surface area contributed by atoms with Crippen LogP contribution in [-0.2, 0) is 13.0 Å². The van der Waals surface area contributed by atoms with E-state index in [0.29, 0.717) is 5.56 Å². The molecule has 19 heavy (non-hydrogen) atoms. The minimum Gasteiger partial charge on any atom is -0.392 e. The Morgan fingerprint density at radius 2 is 1.89 bits per heavy atom. The lowest BCUT2D eigenvalue weighted by Crippen LogP contribution is -2.61. The minimum absolute atomic E-state index is 0.0456. The normalized spacial score (nSPS) is 23.1. The highest BCUT2D eigenvalue weighted by molar-refractivity contribution is 6.23. The summed E-state index contributed by atoms with van der Waals surface area (Å²) < 4.78 is 65.5. The minimum atomic E-state index is -5.23. The largest absolute Gasteiger partial charge is 0.419 e. The van der Waals surface area contributed by atoms with Crippen LogP contribution in [0, 0.1) is 0 Å². The zero-order valence-electron chi connectivity index (χ0n) is 9.36. The molecule has 1 unspecified atom stereocenters. The summed E-state index contributed by atoms with van der Waals surface area (Å²) in [6, 6.07) is 3.82. The Morgan fingerprint density at radius 1 is 1.26 bits per heavy atom. The summed E-state index contributed by atoms with van der Waals surface area (Å²) in [5.41, 5.74) is -3.20. The fraction of sp³-hybridized carbons (Fsp3) is 0.455. The second-order valence-corrected chi connectivity index (χ2v) is 4.83. The van der Waals surface area contributed by atoms with Crippen LogP contribution in [-0.4, -0.2) is 22.2 Å². The first-order valence-electron chi connectivity index (χ1n) is 5.25. The van der Waals surface area contributed by atoms with Gasteiger partial charge in [0.25, 0.3) is 0 Å². The third-order valence-corrected chi connectivity index (χ3v) is 3.45. The number of alkyl halides is 6. The van der Waals surface area contributed by atoms with E-state index in [4.69, 9.17) is 5.11 Å². The van der Waals surface area contributed by atoms with Crippen LogP contribution < -0.4 is 5.32 Å². The number of anilines is 1. The average molecular weight is 302 g/mol. The van der Waals surface area contributed by atoms with Gasteiger partial charge in [0.1, 0.15) is 0 Å². The molecule has 106 valence electrons. The predicted octanol–water partition coefficient (Wildman–Crippen LogP) is 3.28. The zero-order chi connectivity index (χ0) is 14.5. The van der Waals surface area contributed by atoms with Gasteiger partial charge in [0.2, 0.25) is 5.54 Å². The first-order valence-corrected chi connectivity index (χ1v) is 5.63. The van der Waals surface area contributed by atoms with Gasteiger partial charge < -0.3 is 10.4 Å². The van der Waals surface area contributed by atoms with Gasteiger partial charge in [-0.15, -0.1) is 0 Å². The van der Waals surface area contributed by atoms with E-state index in [2.05, 4.69) is 11.6 Å². The Labute approximate surface area is 110 Å². The summed E-state index contributed by atoms with van der Waals surface area (Å²) in [5.74, 6) is 0. The summed E-state index contributed by atoms with van der Waals surface area (Å²) in [5, 5.41) is 6.20. The summed E-state index contributed by atoms with van der Waals surface area (Å²) in [7, 11) is 0. The van der Waals surface area contributed by atoms with Gasteiger partial charge in [-0.3, -0.25) is 0 Å². The maximum absolute atomic E-state index is 13.3. The van der Waals surface area contributed by atoms with Gasteiger partial charge in [0, 0.05) is 12.1 Å². The lowest BCUT2D eigenvalue weighted by atomic mass is 9.94. The molecule has 1 aliphatic rings. The fourth-order valence-corrected chi connectivity index (χ4v) is 2.30. The SMILES string of the molecule is OCc1ccc2c(c1)CC(C(F)(F)F)(C(F)(F)Cl)N2. The van der Waals surface area contributed by atoms with E-state index in [9.17, 15) is 22.0 Å². The van der Waals surface area contributed by atoms with Crippen molar-refractivity contribution in [2.75, 3.05) is 5.32 Å². The summed E-state index contributed by atoms with van der Waals surface area (Å²) in [4.78, 5) is 0. The van der Waals surface area contributed by atoms with Crippen LogP contribution in [0.5, 0.6) is 0 Å². The number of hydrogen-bond donors (Lipinski definition) is 2. The molecule has 0 spiro atoms. The van der Waals surface area contributed by atoms with E-state index in [1.165, 1.54) is 18.2 Å². The Balaban J connectivity index is 2.49. The molecular weight excluding hydrogens is 293 g/mol. The molecule has 0 saturated carbocycles. The molecule has 1 aromatic rings. The number of aliphatic hydroxyl groups is 1. The summed E-state index contributed by atoms with van der Waals surface area (Å²) >= 11 is 4.68. The molecule has 2 N–H and O–H groups in total. The molecule has 0 aromatic heterocycles. The maximum Gasteiger partial charge on any atom is 0.419 e. The van der Waals surface area contributed by atoms with Gasteiger partial charge in [0.05, 0.1) is 6.61 Å². The number of hydrogen-bond acceptors (Lipinski definition) is 2. The molecule has 0 fully saturated rings. The van der Waals surface area contributed by atoms with Crippen molar-refractivity contribution < 1.29 is 27.1 Å². The Morgan fingerprint density at radius 3 is 2.37 bits per heavy atom. The van der Waals surface area contributed by atoms with Gasteiger partial charge in [-0.05, 0) is 28.8 Å². The zero-order valence-corrected chi connectivity index (χ0v) is 10.1.